The summed E-state index contributed by atoms with van der Waals surface area (Å²) in [5.74, 6) is -0.641. The van der Waals surface area contributed by atoms with Crippen LogP contribution in [0.25, 0.3) is 0 Å². The van der Waals surface area contributed by atoms with Gasteiger partial charge in [0.1, 0.15) is 6.54 Å². The van der Waals surface area contributed by atoms with E-state index in [1.165, 1.54) is 0 Å². The summed E-state index contributed by atoms with van der Waals surface area (Å²) in [6, 6.07) is 8.78. The van der Waals surface area contributed by atoms with E-state index in [0.29, 0.717) is 5.56 Å². The van der Waals surface area contributed by atoms with Gasteiger partial charge in [-0.1, -0.05) is 31.5 Å². The molecule has 1 atom stereocenters. The van der Waals surface area contributed by atoms with E-state index < -0.39 is 0 Å². The fourth-order valence-corrected chi connectivity index (χ4v) is 2.09. The zero-order valence-corrected chi connectivity index (χ0v) is 11.4. The van der Waals surface area contributed by atoms with E-state index in [1.807, 2.05) is 6.07 Å². The summed E-state index contributed by atoms with van der Waals surface area (Å²) >= 11 is 0. The van der Waals surface area contributed by atoms with Crippen molar-refractivity contribution < 1.29 is 14.1 Å². The van der Waals surface area contributed by atoms with E-state index in [1.54, 1.807) is 24.3 Å². The number of carbonyl (C=O) groups is 2. The molecule has 1 N–H and O–H groups in total. The molecule has 0 heterocycles. The Morgan fingerprint density at radius 3 is 2.67 bits per heavy atom. The van der Waals surface area contributed by atoms with Gasteiger partial charge in [0.05, 0.1) is 8.81 Å². The molecular formula is C13H18NO3P. The van der Waals surface area contributed by atoms with Gasteiger partial charge in [0.2, 0.25) is 0 Å². The van der Waals surface area contributed by atoms with Gasteiger partial charge in [0, 0.05) is 11.7 Å². The summed E-state index contributed by atoms with van der Waals surface area (Å²) in [6.45, 7) is 2.01. The van der Waals surface area contributed by atoms with Crippen LogP contribution in [0.3, 0.4) is 0 Å². The Kier molecular flexibility index (Phi) is 7.04. The normalized spacial score (nSPS) is 10.5. The summed E-state index contributed by atoms with van der Waals surface area (Å²) in [5.41, 5.74) is 0.540. The molecule has 0 fully saturated rings. The molecule has 0 saturated heterocycles. The average Bonchev–Trinajstić information content (AvgIpc) is 2.42. The molecule has 0 aliphatic carbocycles. The van der Waals surface area contributed by atoms with Crippen molar-refractivity contribution in [3.63, 3.8) is 0 Å². The molecule has 0 saturated carbocycles. The fraction of sp³-hybridized carbons (Fsp3) is 0.385. The van der Waals surface area contributed by atoms with Crippen molar-refractivity contribution in [1.29, 1.82) is 0 Å². The van der Waals surface area contributed by atoms with Gasteiger partial charge in [-0.25, -0.2) is 4.79 Å². The summed E-state index contributed by atoms with van der Waals surface area (Å²) in [5, 5.41) is 2.53. The molecule has 18 heavy (non-hydrogen) atoms. The Labute approximate surface area is 109 Å². The maximum Gasteiger partial charge on any atom is 0.327 e. The van der Waals surface area contributed by atoms with Crippen molar-refractivity contribution in [2.45, 2.75) is 19.8 Å². The molecule has 0 aliphatic heterocycles. The predicted octanol–water partition coefficient (Wildman–Crippen LogP) is 2.35. The van der Waals surface area contributed by atoms with E-state index >= 15 is 0 Å². The highest BCUT2D eigenvalue weighted by Gasteiger charge is 2.07. The fourth-order valence-electron chi connectivity index (χ4n) is 1.26. The highest BCUT2D eigenvalue weighted by atomic mass is 31.1. The van der Waals surface area contributed by atoms with Crippen LogP contribution in [0.15, 0.2) is 30.3 Å². The lowest BCUT2D eigenvalue weighted by Crippen LogP contribution is -2.29. The van der Waals surface area contributed by atoms with Gasteiger partial charge in [-0.15, -0.1) is 0 Å². The molecule has 1 amide bonds. The van der Waals surface area contributed by atoms with Crippen molar-refractivity contribution in [3.8, 4) is 0 Å². The summed E-state index contributed by atoms with van der Waals surface area (Å²) < 4.78 is 5.00. The van der Waals surface area contributed by atoms with Crippen molar-refractivity contribution in [2.75, 3.05) is 12.7 Å². The largest absolute Gasteiger partial charge is 0.447 e. The van der Waals surface area contributed by atoms with Crippen LogP contribution in [-0.4, -0.2) is 24.6 Å². The minimum atomic E-state index is -0.381. The van der Waals surface area contributed by atoms with Crippen LogP contribution in [-0.2, 0) is 9.32 Å². The first-order chi connectivity index (χ1) is 8.74. The number of rotatable bonds is 7. The van der Waals surface area contributed by atoms with Crippen molar-refractivity contribution in [1.82, 2.24) is 5.32 Å². The van der Waals surface area contributed by atoms with Gasteiger partial charge in [-0.3, -0.25) is 4.79 Å². The monoisotopic (exact) mass is 267 g/mol. The Balaban J connectivity index is 2.20. The Morgan fingerprint density at radius 2 is 2.00 bits per heavy atom. The third kappa shape index (κ3) is 5.78. The predicted molar refractivity (Wildman–Crippen MR) is 73.0 cm³/mol. The third-order valence-corrected chi connectivity index (χ3v) is 3.18. The highest BCUT2D eigenvalue weighted by molar-refractivity contribution is 7.32. The molecule has 1 aromatic carbocycles. The molecule has 0 spiro atoms. The molecule has 98 valence electrons. The Morgan fingerprint density at radius 1 is 1.28 bits per heavy atom. The number of unbranched alkanes of at least 4 members (excludes halogenated alkanes) is 1. The van der Waals surface area contributed by atoms with Crippen molar-refractivity contribution >= 4 is 20.7 Å². The van der Waals surface area contributed by atoms with Crippen molar-refractivity contribution in [3.05, 3.63) is 35.9 Å². The maximum absolute atomic E-state index is 11.6. The molecule has 0 aliphatic rings. The standard InChI is InChI=1S/C13H18NO3P/c1-2-3-9-18-17-12(15)10-14-13(16)11-7-5-4-6-8-11/h4-8,18H,2-3,9-10H2,1H3,(H,14,16). The van der Waals surface area contributed by atoms with Crippen LogP contribution in [0.1, 0.15) is 30.1 Å². The molecular weight excluding hydrogens is 249 g/mol. The highest BCUT2D eigenvalue weighted by Crippen LogP contribution is 2.13. The summed E-state index contributed by atoms with van der Waals surface area (Å²) in [4.78, 5) is 22.9. The third-order valence-electron chi connectivity index (χ3n) is 2.25. The van der Waals surface area contributed by atoms with E-state index in [4.69, 9.17) is 4.52 Å². The smallest absolute Gasteiger partial charge is 0.327 e. The minimum Gasteiger partial charge on any atom is -0.447 e. The topological polar surface area (TPSA) is 55.4 Å². The molecule has 1 unspecified atom stereocenters. The lowest BCUT2D eigenvalue weighted by Gasteiger charge is -2.05. The van der Waals surface area contributed by atoms with Crippen LogP contribution >= 0.6 is 8.81 Å². The molecule has 0 aromatic heterocycles. The second-order valence-corrected chi connectivity index (χ2v) is 4.76. The Bertz CT molecular complexity index is 381. The molecule has 4 nitrogen and oxygen atoms in total. The second kappa shape index (κ2) is 8.65. The first kappa shape index (κ1) is 14.7. The van der Waals surface area contributed by atoms with E-state index in [9.17, 15) is 9.59 Å². The summed E-state index contributed by atoms with van der Waals surface area (Å²) in [7, 11) is 0.188. The van der Waals surface area contributed by atoms with E-state index in [-0.39, 0.29) is 27.2 Å². The first-order valence-corrected chi connectivity index (χ1v) is 7.11. The van der Waals surface area contributed by atoms with Crippen LogP contribution in [0, 0.1) is 0 Å². The molecule has 5 heteroatoms. The zero-order valence-electron chi connectivity index (χ0n) is 10.4. The zero-order chi connectivity index (χ0) is 13.2. The van der Waals surface area contributed by atoms with Crippen LogP contribution in [0.4, 0.5) is 0 Å². The van der Waals surface area contributed by atoms with E-state index in [0.717, 1.165) is 19.0 Å². The van der Waals surface area contributed by atoms with E-state index in [2.05, 4.69) is 12.2 Å². The lowest BCUT2D eigenvalue weighted by atomic mass is 10.2. The van der Waals surface area contributed by atoms with Gasteiger partial charge in [0.15, 0.2) is 0 Å². The number of carbonyl (C=O) groups excluding carboxylic acids is 2. The second-order valence-electron chi connectivity index (χ2n) is 3.77. The van der Waals surface area contributed by atoms with Crippen molar-refractivity contribution in [2.24, 2.45) is 0 Å². The number of hydrogen-bond acceptors (Lipinski definition) is 3. The van der Waals surface area contributed by atoms with Gasteiger partial charge < -0.3 is 9.84 Å². The minimum absolute atomic E-state index is 0.0765. The lowest BCUT2D eigenvalue weighted by molar-refractivity contribution is -0.132. The van der Waals surface area contributed by atoms with Gasteiger partial charge in [-0.05, 0) is 18.6 Å². The quantitative estimate of drug-likeness (QED) is 0.609. The summed E-state index contributed by atoms with van der Waals surface area (Å²) in [6.07, 6.45) is 3.05. The molecule has 0 bridgehead atoms. The molecule has 0 radical (unpaired) electrons. The van der Waals surface area contributed by atoms with Crippen LogP contribution in [0.2, 0.25) is 0 Å². The van der Waals surface area contributed by atoms with Gasteiger partial charge >= 0.3 is 5.97 Å². The van der Waals surface area contributed by atoms with Crippen LogP contribution in [0.5, 0.6) is 0 Å². The van der Waals surface area contributed by atoms with Gasteiger partial charge in [-0.2, -0.15) is 0 Å². The average molecular weight is 267 g/mol. The Hall–Kier alpha value is -1.41. The number of amides is 1. The number of hydrogen-bond donors (Lipinski definition) is 1. The molecule has 1 aromatic rings. The number of benzene rings is 1. The SMILES string of the molecule is CCCCPOC(=O)CNC(=O)c1ccccc1. The van der Waals surface area contributed by atoms with Gasteiger partial charge in [0.25, 0.3) is 5.91 Å². The van der Waals surface area contributed by atoms with Crippen LogP contribution < -0.4 is 5.32 Å². The molecule has 1 rings (SSSR count). The first-order valence-electron chi connectivity index (χ1n) is 5.99. The number of nitrogens with one attached hydrogen (secondary N) is 1. The maximum atomic E-state index is 11.6.